The van der Waals surface area contributed by atoms with Crippen LogP contribution in [0.15, 0.2) is 48.5 Å². The molecule has 0 atom stereocenters. The number of hydrogen-bond donors (Lipinski definition) is 3. The maximum atomic E-state index is 12.4. The monoisotopic (exact) mass is 389 g/mol. The third-order valence-electron chi connectivity index (χ3n) is 5.16. The zero-order valence-corrected chi connectivity index (χ0v) is 16.2. The Morgan fingerprint density at radius 1 is 1.14 bits per heavy atom. The summed E-state index contributed by atoms with van der Waals surface area (Å²) in [6.07, 6.45) is 2.01. The maximum Gasteiger partial charge on any atom is 0.254 e. The molecule has 0 radical (unpaired) electrons. The minimum absolute atomic E-state index is 0.112. The Morgan fingerprint density at radius 3 is 2.45 bits per heavy atom. The van der Waals surface area contributed by atoms with Crippen LogP contribution in [0.3, 0.4) is 0 Å². The molecule has 5 N–H and O–H groups in total. The molecule has 0 unspecified atom stereocenters. The van der Waals surface area contributed by atoms with E-state index in [9.17, 15) is 9.59 Å². The van der Waals surface area contributed by atoms with Crippen LogP contribution in [0.1, 0.15) is 50.7 Å². The molecule has 1 saturated carbocycles. The second-order valence-corrected chi connectivity index (χ2v) is 7.34. The van der Waals surface area contributed by atoms with E-state index in [1.54, 1.807) is 10.7 Å². The Bertz CT molecular complexity index is 1080. The topological polar surface area (TPSA) is 116 Å². The summed E-state index contributed by atoms with van der Waals surface area (Å²) in [5.74, 6) is -0.373. The Labute approximate surface area is 168 Å². The zero-order chi connectivity index (χ0) is 20.5. The fourth-order valence-corrected chi connectivity index (χ4v) is 3.38. The molecule has 1 aliphatic rings. The molecule has 1 heterocycles. The SMILES string of the molecule is Cc1ccccc1C(=O)NCc1ccc(-c2nn(C3CC3)c(N)c2C(N)=O)cc1. The summed E-state index contributed by atoms with van der Waals surface area (Å²) in [6.45, 7) is 2.31. The van der Waals surface area contributed by atoms with Crippen molar-refractivity contribution in [3.05, 3.63) is 70.8 Å². The highest BCUT2D eigenvalue weighted by Gasteiger charge is 2.31. The number of hydrogen-bond acceptors (Lipinski definition) is 4. The second-order valence-electron chi connectivity index (χ2n) is 7.34. The lowest BCUT2D eigenvalue weighted by atomic mass is 10.0. The quantitative estimate of drug-likeness (QED) is 0.601. The molecule has 1 aliphatic carbocycles. The minimum atomic E-state index is -0.584. The van der Waals surface area contributed by atoms with Crippen LogP contribution in [-0.4, -0.2) is 21.6 Å². The van der Waals surface area contributed by atoms with Gasteiger partial charge in [0.25, 0.3) is 11.8 Å². The number of nitrogens with one attached hydrogen (secondary N) is 1. The highest BCUT2D eigenvalue weighted by atomic mass is 16.2. The van der Waals surface area contributed by atoms with Crippen LogP contribution < -0.4 is 16.8 Å². The molecule has 2 amide bonds. The number of nitrogens with two attached hydrogens (primary N) is 2. The van der Waals surface area contributed by atoms with Gasteiger partial charge >= 0.3 is 0 Å². The first kappa shape index (κ1) is 18.7. The summed E-state index contributed by atoms with van der Waals surface area (Å²) in [4.78, 5) is 24.3. The lowest BCUT2D eigenvalue weighted by molar-refractivity contribution is 0.0949. The number of benzene rings is 2. The summed E-state index contributed by atoms with van der Waals surface area (Å²) >= 11 is 0. The molecule has 7 heteroatoms. The van der Waals surface area contributed by atoms with Crippen LogP contribution >= 0.6 is 0 Å². The summed E-state index contributed by atoms with van der Waals surface area (Å²) < 4.78 is 1.70. The molecule has 1 fully saturated rings. The molecule has 29 heavy (non-hydrogen) atoms. The predicted octanol–water partition coefficient (Wildman–Crippen LogP) is 2.80. The third-order valence-corrected chi connectivity index (χ3v) is 5.16. The molecule has 0 bridgehead atoms. The van der Waals surface area contributed by atoms with Gasteiger partial charge in [0, 0.05) is 17.7 Å². The number of rotatable bonds is 6. The number of aryl methyl sites for hydroxylation is 1. The molecular weight excluding hydrogens is 366 g/mol. The molecule has 0 spiro atoms. The number of aromatic nitrogens is 2. The van der Waals surface area contributed by atoms with Gasteiger partial charge in [-0.05, 0) is 37.0 Å². The molecule has 2 aromatic carbocycles. The third kappa shape index (κ3) is 3.71. The summed E-state index contributed by atoms with van der Waals surface area (Å²) in [6, 6.07) is 15.2. The second kappa shape index (κ2) is 7.43. The van der Waals surface area contributed by atoms with Crippen molar-refractivity contribution in [1.82, 2.24) is 15.1 Å². The Balaban J connectivity index is 1.51. The molecular formula is C22H23N5O2. The molecule has 4 rings (SSSR count). The number of carbonyl (C=O) groups excluding carboxylic acids is 2. The normalized spacial score (nSPS) is 13.3. The van der Waals surface area contributed by atoms with Crippen molar-refractivity contribution in [3.8, 4) is 11.3 Å². The van der Waals surface area contributed by atoms with E-state index in [4.69, 9.17) is 11.5 Å². The first-order valence-corrected chi connectivity index (χ1v) is 9.56. The van der Waals surface area contributed by atoms with Crippen LogP contribution in [0, 0.1) is 6.92 Å². The van der Waals surface area contributed by atoms with E-state index < -0.39 is 5.91 Å². The number of amides is 2. The summed E-state index contributed by atoms with van der Waals surface area (Å²) in [5, 5.41) is 7.47. The number of anilines is 1. The Morgan fingerprint density at radius 2 is 1.83 bits per heavy atom. The predicted molar refractivity (Wildman–Crippen MR) is 111 cm³/mol. The van der Waals surface area contributed by atoms with E-state index in [1.807, 2.05) is 49.4 Å². The van der Waals surface area contributed by atoms with Crippen molar-refractivity contribution in [3.63, 3.8) is 0 Å². The molecule has 148 valence electrons. The van der Waals surface area contributed by atoms with Gasteiger partial charge in [-0.3, -0.25) is 9.59 Å². The molecule has 0 saturated heterocycles. The minimum Gasteiger partial charge on any atom is -0.383 e. The van der Waals surface area contributed by atoms with Gasteiger partial charge in [-0.15, -0.1) is 0 Å². The maximum absolute atomic E-state index is 12.4. The van der Waals surface area contributed by atoms with E-state index in [-0.39, 0.29) is 17.5 Å². The Hall–Kier alpha value is -3.61. The molecule has 1 aromatic heterocycles. The van der Waals surface area contributed by atoms with Crippen LogP contribution in [0.25, 0.3) is 11.3 Å². The van der Waals surface area contributed by atoms with Crippen molar-refractivity contribution < 1.29 is 9.59 Å². The van der Waals surface area contributed by atoms with Crippen molar-refractivity contribution >= 4 is 17.6 Å². The number of nitrogen functional groups attached to an aromatic ring is 1. The lowest BCUT2D eigenvalue weighted by Gasteiger charge is -2.08. The smallest absolute Gasteiger partial charge is 0.254 e. The zero-order valence-electron chi connectivity index (χ0n) is 16.2. The summed E-state index contributed by atoms with van der Waals surface area (Å²) in [5.41, 5.74) is 15.7. The Kier molecular flexibility index (Phi) is 4.80. The van der Waals surface area contributed by atoms with Gasteiger partial charge in [-0.25, -0.2) is 4.68 Å². The summed E-state index contributed by atoms with van der Waals surface area (Å²) in [7, 11) is 0. The number of carbonyl (C=O) groups is 2. The lowest BCUT2D eigenvalue weighted by Crippen LogP contribution is -2.23. The number of nitrogens with zero attached hydrogens (tertiary/aromatic N) is 2. The highest BCUT2D eigenvalue weighted by Crippen LogP contribution is 2.39. The van der Waals surface area contributed by atoms with Crippen LogP contribution in [0.4, 0.5) is 5.82 Å². The van der Waals surface area contributed by atoms with E-state index in [2.05, 4.69) is 10.4 Å². The number of primary amides is 1. The van der Waals surface area contributed by atoms with Gasteiger partial charge in [0.2, 0.25) is 0 Å². The van der Waals surface area contributed by atoms with Crippen LogP contribution in [0.2, 0.25) is 0 Å². The van der Waals surface area contributed by atoms with E-state index >= 15 is 0 Å². The average Bonchev–Trinajstić information content (AvgIpc) is 3.49. The van der Waals surface area contributed by atoms with Gasteiger partial charge in [0.05, 0.1) is 6.04 Å². The molecule has 0 aliphatic heterocycles. The van der Waals surface area contributed by atoms with E-state index in [1.165, 1.54) is 0 Å². The van der Waals surface area contributed by atoms with Crippen molar-refractivity contribution in [2.75, 3.05) is 5.73 Å². The van der Waals surface area contributed by atoms with E-state index in [0.717, 1.165) is 29.5 Å². The van der Waals surface area contributed by atoms with Gasteiger partial charge < -0.3 is 16.8 Å². The fraction of sp³-hybridized carbons (Fsp3) is 0.227. The van der Waals surface area contributed by atoms with Crippen LogP contribution in [0.5, 0.6) is 0 Å². The van der Waals surface area contributed by atoms with Gasteiger partial charge in [-0.1, -0.05) is 42.5 Å². The van der Waals surface area contributed by atoms with Crippen LogP contribution in [-0.2, 0) is 6.54 Å². The molecule has 7 nitrogen and oxygen atoms in total. The first-order valence-electron chi connectivity index (χ1n) is 9.56. The average molecular weight is 389 g/mol. The van der Waals surface area contributed by atoms with Crippen molar-refractivity contribution in [1.29, 1.82) is 0 Å². The van der Waals surface area contributed by atoms with Gasteiger partial charge in [0.1, 0.15) is 17.1 Å². The first-order chi connectivity index (χ1) is 14.0. The highest BCUT2D eigenvalue weighted by molar-refractivity contribution is 6.03. The van der Waals surface area contributed by atoms with Crippen molar-refractivity contribution in [2.24, 2.45) is 5.73 Å². The van der Waals surface area contributed by atoms with Crippen molar-refractivity contribution in [2.45, 2.75) is 32.4 Å². The van der Waals surface area contributed by atoms with Gasteiger partial charge in [-0.2, -0.15) is 5.10 Å². The molecule has 3 aromatic rings. The standard InChI is InChI=1S/C22H23N5O2/c1-13-4-2-3-5-17(13)22(29)25-12-14-6-8-15(9-7-14)19-18(21(24)28)20(23)27(26-19)16-10-11-16/h2-9,16H,10-12,23H2,1H3,(H2,24,28)(H,25,29). The van der Waals surface area contributed by atoms with E-state index in [0.29, 0.717) is 23.6 Å². The fourth-order valence-electron chi connectivity index (χ4n) is 3.38. The largest absolute Gasteiger partial charge is 0.383 e. The van der Waals surface area contributed by atoms with Gasteiger partial charge in [0.15, 0.2) is 0 Å².